The first-order chi connectivity index (χ1) is 11.9. The Bertz CT molecular complexity index is 538. The summed E-state index contributed by atoms with van der Waals surface area (Å²) in [6, 6.07) is 1.87. The van der Waals surface area contributed by atoms with Crippen molar-refractivity contribution in [3.63, 3.8) is 0 Å². The highest BCUT2D eigenvalue weighted by Crippen LogP contribution is 2.42. The zero-order chi connectivity index (χ0) is 16.2. The third kappa shape index (κ3) is 3.78. The summed E-state index contributed by atoms with van der Waals surface area (Å²) in [5.74, 6) is 3.54. The largest absolute Gasteiger partial charge is 0.338 e. The van der Waals surface area contributed by atoms with Gasteiger partial charge in [0.05, 0.1) is 0 Å². The lowest BCUT2D eigenvalue weighted by Gasteiger charge is -2.34. The lowest BCUT2D eigenvalue weighted by atomic mass is 9.94. The number of rotatable bonds is 7. The summed E-state index contributed by atoms with van der Waals surface area (Å²) in [5, 5.41) is 3.70. The van der Waals surface area contributed by atoms with Crippen molar-refractivity contribution in [2.45, 2.75) is 19.3 Å². The molecule has 5 heteroatoms. The Balaban J connectivity index is 1.09. The molecule has 0 aromatic carbocycles. The van der Waals surface area contributed by atoms with Gasteiger partial charge in [0.1, 0.15) is 0 Å². The van der Waals surface area contributed by atoms with E-state index in [0.29, 0.717) is 0 Å². The Labute approximate surface area is 145 Å². The van der Waals surface area contributed by atoms with E-state index >= 15 is 0 Å². The third-order valence-electron chi connectivity index (χ3n) is 5.86. The van der Waals surface area contributed by atoms with E-state index in [0.717, 1.165) is 56.4 Å². The molecule has 2 fully saturated rings. The molecule has 5 nitrogen and oxygen atoms in total. The summed E-state index contributed by atoms with van der Waals surface area (Å²) in [5.41, 5.74) is 0. The van der Waals surface area contributed by atoms with Crippen molar-refractivity contribution in [1.29, 1.82) is 0 Å². The van der Waals surface area contributed by atoms with Gasteiger partial charge in [-0.2, -0.15) is 0 Å². The van der Waals surface area contributed by atoms with Gasteiger partial charge in [0, 0.05) is 38.6 Å². The molecule has 1 aromatic heterocycles. The molecular weight excluding hydrogens is 298 g/mol. The fourth-order valence-corrected chi connectivity index (χ4v) is 4.47. The molecule has 0 amide bonds. The first kappa shape index (κ1) is 16.0. The van der Waals surface area contributed by atoms with Crippen LogP contribution in [0.3, 0.4) is 0 Å². The van der Waals surface area contributed by atoms with Gasteiger partial charge in [-0.15, -0.1) is 0 Å². The summed E-state index contributed by atoms with van der Waals surface area (Å²) in [4.78, 5) is 13.6. The van der Waals surface area contributed by atoms with Crippen LogP contribution in [0.1, 0.15) is 19.3 Å². The number of fused-ring (bicyclic) bond motifs is 2. The average Bonchev–Trinajstić information content (AvgIpc) is 3.26. The van der Waals surface area contributed by atoms with Crippen LogP contribution >= 0.6 is 0 Å². The number of piperazine rings is 1. The molecule has 1 aromatic rings. The maximum Gasteiger partial charge on any atom is 0.225 e. The van der Waals surface area contributed by atoms with Crippen molar-refractivity contribution < 1.29 is 0 Å². The highest BCUT2D eigenvalue weighted by atomic mass is 15.3. The smallest absolute Gasteiger partial charge is 0.225 e. The van der Waals surface area contributed by atoms with Crippen molar-refractivity contribution in [3.05, 3.63) is 30.6 Å². The topological polar surface area (TPSA) is 44.3 Å². The van der Waals surface area contributed by atoms with Crippen molar-refractivity contribution in [3.8, 4) is 0 Å². The highest BCUT2D eigenvalue weighted by Gasteiger charge is 2.34. The molecule has 0 unspecified atom stereocenters. The lowest BCUT2D eigenvalue weighted by Crippen LogP contribution is -2.47. The molecule has 24 heavy (non-hydrogen) atoms. The maximum absolute atomic E-state index is 4.35. The average molecular weight is 327 g/mol. The summed E-state index contributed by atoms with van der Waals surface area (Å²) in [6.07, 6.45) is 12.6. The number of allylic oxidation sites excluding steroid dienone is 2. The molecule has 0 spiro atoms. The van der Waals surface area contributed by atoms with Crippen LogP contribution in [0.5, 0.6) is 0 Å². The van der Waals surface area contributed by atoms with Crippen LogP contribution in [-0.2, 0) is 0 Å². The van der Waals surface area contributed by atoms with Gasteiger partial charge in [-0.3, -0.25) is 4.90 Å². The lowest BCUT2D eigenvalue weighted by molar-refractivity contribution is 0.251. The summed E-state index contributed by atoms with van der Waals surface area (Å²) < 4.78 is 0. The molecule has 4 rings (SSSR count). The van der Waals surface area contributed by atoms with Crippen molar-refractivity contribution in [2.75, 3.05) is 50.7 Å². The van der Waals surface area contributed by atoms with E-state index in [1.165, 1.54) is 32.4 Å². The van der Waals surface area contributed by atoms with Crippen LogP contribution in [0, 0.1) is 17.8 Å². The molecular formula is C19H29N5. The van der Waals surface area contributed by atoms with Gasteiger partial charge in [0.15, 0.2) is 0 Å². The van der Waals surface area contributed by atoms with Crippen molar-refractivity contribution in [2.24, 2.45) is 17.8 Å². The number of nitrogens with zero attached hydrogens (tertiary/aromatic N) is 4. The Hall–Kier alpha value is -1.46. The molecule has 0 radical (unpaired) electrons. The second-order valence-electron chi connectivity index (χ2n) is 7.48. The van der Waals surface area contributed by atoms with Crippen molar-refractivity contribution >= 4 is 5.95 Å². The van der Waals surface area contributed by atoms with Crippen LogP contribution in [-0.4, -0.2) is 60.7 Å². The summed E-state index contributed by atoms with van der Waals surface area (Å²) >= 11 is 0. The first-order valence-electron chi connectivity index (χ1n) is 9.52. The number of anilines is 1. The minimum absolute atomic E-state index is 0.871. The molecule has 2 bridgehead atoms. The molecule has 1 N–H and O–H groups in total. The Kier molecular flexibility index (Phi) is 5.09. The second-order valence-corrected chi connectivity index (χ2v) is 7.48. The fraction of sp³-hybridized carbons (Fsp3) is 0.684. The molecule has 1 saturated carbocycles. The number of nitrogens with one attached hydrogen (secondary N) is 1. The van der Waals surface area contributed by atoms with E-state index < -0.39 is 0 Å². The standard InChI is InChI=1S/C19H29N5/c1-6-21-19(22-7-1)24-11-9-23(10-12-24)8-2-5-20-15-18-14-16-3-4-17(18)13-16/h1,3-4,6-7,16-18,20H,2,5,8-15H2/t16-,17-,18-/m0/s1. The van der Waals surface area contributed by atoms with Gasteiger partial charge in [-0.1, -0.05) is 12.2 Å². The van der Waals surface area contributed by atoms with Gasteiger partial charge >= 0.3 is 0 Å². The zero-order valence-corrected chi connectivity index (χ0v) is 14.5. The second kappa shape index (κ2) is 7.62. The van der Waals surface area contributed by atoms with Crippen LogP contribution in [0.25, 0.3) is 0 Å². The monoisotopic (exact) mass is 327 g/mol. The third-order valence-corrected chi connectivity index (χ3v) is 5.86. The van der Waals surface area contributed by atoms with E-state index in [4.69, 9.17) is 0 Å². The summed E-state index contributed by atoms with van der Waals surface area (Å²) in [6.45, 7) is 7.88. The van der Waals surface area contributed by atoms with E-state index in [1.54, 1.807) is 0 Å². The predicted molar refractivity (Wildman–Crippen MR) is 97.0 cm³/mol. The quantitative estimate of drug-likeness (QED) is 0.611. The van der Waals surface area contributed by atoms with Gasteiger partial charge < -0.3 is 10.2 Å². The molecule has 3 aliphatic rings. The molecule has 1 aliphatic heterocycles. The molecule has 2 aliphatic carbocycles. The van der Waals surface area contributed by atoms with Crippen LogP contribution in [0.2, 0.25) is 0 Å². The Morgan fingerprint density at radius 1 is 1.04 bits per heavy atom. The van der Waals surface area contributed by atoms with E-state index in [2.05, 4.69) is 37.2 Å². The maximum atomic E-state index is 4.35. The highest BCUT2D eigenvalue weighted by molar-refractivity contribution is 5.29. The molecule has 1 saturated heterocycles. The minimum Gasteiger partial charge on any atom is -0.338 e. The Morgan fingerprint density at radius 3 is 2.58 bits per heavy atom. The fourth-order valence-electron chi connectivity index (χ4n) is 4.47. The minimum atomic E-state index is 0.871. The normalized spacial score (nSPS) is 29.5. The van der Waals surface area contributed by atoms with E-state index in [9.17, 15) is 0 Å². The SMILES string of the molecule is C1=C[C@H]2C[C@H]1C[C@H]2CNCCCN1CCN(c2ncccn2)CC1. The van der Waals surface area contributed by atoms with E-state index in [1.807, 2.05) is 18.5 Å². The van der Waals surface area contributed by atoms with Gasteiger partial charge in [0.25, 0.3) is 0 Å². The number of aromatic nitrogens is 2. The van der Waals surface area contributed by atoms with Gasteiger partial charge in [0.2, 0.25) is 5.95 Å². The number of hydrogen-bond donors (Lipinski definition) is 1. The summed E-state index contributed by atoms with van der Waals surface area (Å²) in [7, 11) is 0. The van der Waals surface area contributed by atoms with Crippen LogP contribution < -0.4 is 10.2 Å². The zero-order valence-electron chi connectivity index (χ0n) is 14.5. The molecule has 130 valence electrons. The predicted octanol–water partition coefficient (Wildman–Crippen LogP) is 1.79. The van der Waals surface area contributed by atoms with Crippen LogP contribution in [0.4, 0.5) is 5.95 Å². The van der Waals surface area contributed by atoms with E-state index in [-0.39, 0.29) is 0 Å². The molecule has 3 atom stereocenters. The number of hydrogen-bond acceptors (Lipinski definition) is 5. The van der Waals surface area contributed by atoms with Gasteiger partial charge in [-0.05, 0) is 62.7 Å². The van der Waals surface area contributed by atoms with Crippen molar-refractivity contribution in [1.82, 2.24) is 20.2 Å². The van der Waals surface area contributed by atoms with Crippen LogP contribution in [0.15, 0.2) is 30.6 Å². The van der Waals surface area contributed by atoms with Gasteiger partial charge in [-0.25, -0.2) is 9.97 Å². The first-order valence-corrected chi connectivity index (χ1v) is 9.52. The molecule has 2 heterocycles. The Morgan fingerprint density at radius 2 is 1.88 bits per heavy atom.